The lowest BCUT2D eigenvalue weighted by atomic mass is 9.99. The molecule has 1 rings (SSSR count). The standard InChI is InChI=1S/C17H27NO3/c1-7-8-18-14(9-12(2)3)13-10-15(19-4)17(21-6)16(11-13)20-5/h10-11,14,18H,2,7-9H2,1,3-6H3. The van der Waals surface area contributed by atoms with E-state index in [1.165, 1.54) is 0 Å². The Bertz CT molecular complexity index is 446. The second-order valence-electron chi connectivity index (χ2n) is 5.13. The van der Waals surface area contributed by atoms with Crippen molar-refractivity contribution in [1.82, 2.24) is 5.32 Å². The van der Waals surface area contributed by atoms with E-state index in [4.69, 9.17) is 14.2 Å². The number of ether oxygens (including phenoxy) is 3. The average molecular weight is 293 g/mol. The van der Waals surface area contributed by atoms with Crippen LogP contribution >= 0.6 is 0 Å². The molecule has 0 fully saturated rings. The zero-order chi connectivity index (χ0) is 15.8. The molecule has 0 amide bonds. The summed E-state index contributed by atoms with van der Waals surface area (Å²) in [7, 11) is 4.88. The minimum absolute atomic E-state index is 0.191. The predicted molar refractivity (Wildman–Crippen MR) is 86.6 cm³/mol. The van der Waals surface area contributed by atoms with Crippen LogP contribution in [0, 0.1) is 0 Å². The molecule has 4 nitrogen and oxygen atoms in total. The Balaban J connectivity index is 3.20. The third kappa shape index (κ3) is 4.67. The van der Waals surface area contributed by atoms with Gasteiger partial charge in [0.1, 0.15) is 0 Å². The van der Waals surface area contributed by atoms with Gasteiger partial charge in [-0.1, -0.05) is 12.5 Å². The first-order valence-electron chi connectivity index (χ1n) is 7.25. The second kappa shape index (κ2) is 8.57. The van der Waals surface area contributed by atoms with Gasteiger partial charge in [-0.3, -0.25) is 0 Å². The first kappa shape index (κ1) is 17.4. The Morgan fingerprint density at radius 3 is 2.10 bits per heavy atom. The molecule has 0 saturated heterocycles. The van der Waals surface area contributed by atoms with Crippen LogP contribution in [0.5, 0.6) is 17.2 Å². The molecule has 1 aromatic carbocycles. The topological polar surface area (TPSA) is 39.7 Å². The van der Waals surface area contributed by atoms with Gasteiger partial charge in [-0.2, -0.15) is 0 Å². The van der Waals surface area contributed by atoms with Crippen molar-refractivity contribution in [2.24, 2.45) is 0 Å². The number of rotatable bonds is 9. The van der Waals surface area contributed by atoms with Gasteiger partial charge in [-0.25, -0.2) is 0 Å². The van der Waals surface area contributed by atoms with Crippen LogP contribution in [0.25, 0.3) is 0 Å². The molecule has 0 radical (unpaired) electrons. The summed E-state index contributed by atoms with van der Waals surface area (Å²) in [5, 5.41) is 3.54. The summed E-state index contributed by atoms with van der Waals surface area (Å²) in [6, 6.07) is 4.19. The molecule has 1 unspecified atom stereocenters. The van der Waals surface area contributed by atoms with Crippen LogP contribution in [-0.2, 0) is 0 Å². The molecule has 0 aliphatic carbocycles. The third-order valence-electron chi connectivity index (χ3n) is 3.28. The highest BCUT2D eigenvalue weighted by Crippen LogP contribution is 2.40. The summed E-state index contributed by atoms with van der Waals surface area (Å²) in [6.45, 7) is 9.17. The second-order valence-corrected chi connectivity index (χ2v) is 5.13. The first-order valence-corrected chi connectivity index (χ1v) is 7.25. The molecule has 0 aliphatic rings. The van der Waals surface area contributed by atoms with Crippen LogP contribution in [0.15, 0.2) is 24.3 Å². The van der Waals surface area contributed by atoms with Crippen molar-refractivity contribution < 1.29 is 14.2 Å². The smallest absolute Gasteiger partial charge is 0.203 e. The van der Waals surface area contributed by atoms with Crippen LogP contribution < -0.4 is 19.5 Å². The van der Waals surface area contributed by atoms with E-state index < -0.39 is 0 Å². The van der Waals surface area contributed by atoms with E-state index in [2.05, 4.69) is 18.8 Å². The summed E-state index contributed by atoms with van der Waals surface area (Å²) in [6.07, 6.45) is 1.95. The van der Waals surface area contributed by atoms with E-state index in [-0.39, 0.29) is 6.04 Å². The van der Waals surface area contributed by atoms with Gasteiger partial charge in [-0.15, -0.1) is 6.58 Å². The van der Waals surface area contributed by atoms with Crippen molar-refractivity contribution in [2.45, 2.75) is 32.7 Å². The number of benzene rings is 1. The molecule has 0 aliphatic heterocycles. The van der Waals surface area contributed by atoms with Crippen molar-refractivity contribution >= 4 is 0 Å². The molecule has 118 valence electrons. The van der Waals surface area contributed by atoms with E-state index in [9.17, 15) is 0 Å². The summed E-state index contributed by atoms with van der Waals surface area (Å²) in [5.74, 6) is 1.97. The number of hydrogen-bond donors (Lipinski definition) is 1. The van der Waals surface area contributed by atoms with Crippen LogP contribution in [0.3, 0.4) is 0 Å². The zero-order valence-electron chi connectivity index (χ0n) is 13.8. The molecule has 4 heteroatoms. The highest BCUT2D eigenvalue weighted by atomic mass is 16.5. The Hall–Kier alpha value is -1.68. The minimum Gasteiger partial charge on any atom is -0.493 e. The van der Waals surface area contributed by atoms with Gasteiger partial charge in [0.25, 0.3) is 0 Å². The Morgan fingerprint density at radius 2 is 1.71 bits per heavy atom. The zero-order valence-corrected chi connectivity index (χ0v) is 13.8. The summed E-state index contributed by atoms with van der Waals surface area (Å²) in [4.78, 5) is 0. The Labute approximate surface area is 128 Å². The monoisotopic (exact) mass is 293 g/mol. The molecule has 21 heavy (non-hydrogen) atoms. The molecule has 0 spiro atoms. The average Bonchev–Trinajstić information content (AvgIpc) is 2.49. The summed E-state index contributed by atoms with van der Waals surface area (Å²) < 4.78 is 16.2. The number of nitrogens with one attached hydrogen (secondary N) is 1. The van der Waals surface area contributed by atoms with E-state index in [1.54, 1.807) is 21.3 Å². The lowest BCUT2D eigenvalue weighted by Gasteiger charge is -2.22. The normalized spacial score (nSPS) is 11.9. The van der Waals surface area contributed by atoms with Crippen LogP contribution in [0.4, 0.5) is 0 Å². The number of hydrogen-bond acceptors (Lipinski definition) is 4. The molecule has 0 aromatic heterocycles. The summed E-state index contributed by atoms with van der Waals surface area (Å²) in [5.41, 5.74) is 2.25. The lowest BCUT2D eigenvalue weighted by molar-refractivity contribution is 0.323. The van der Waals surface area contributed by atoms with E-state index in [0.717, 1.165) is 30.5 Å². The SMILES string of the molecule is C=C(C)CC(NCCC)c1cc(OC)c(OC)c(OC)c1. The molecule has 0 heterocycles. The molecule has 1 N–H and O–H groups in total. The molecule has 1 aromatic rings. The first-order chi connectivity index (χ1) is 10.1. The van der Waals surface area contributed by atoms with Crippen molar-refractivity contribution in [3.05, 3.63) is 29.8 Å². The van der Waals surface area contributed by atoms with Gasteiger partial charge in [0, 0.05) is 6.04 Å². The third-order valence-corrected chi connectivity index (χ3v) is 3.28. The summed E-state index contributed by atoms with van der Waals surface area (Å²) >= 11 is 0. The fraction of sp³-hybridized carbons (Fsp3) is 0.529. The Morgan fingerprint density at radius 1 is 1.14 bits per heavy atom. The lowest BCUT2D eigenvalue weighted by Crippen LogP contribution is -2.22. The van der Waals surface area contributed by atoms with Crippen molar-refractivity contribution in [2.75, 3.05) is 27.9 Å². The number of methoxy groups -OCH3 is 3. The molecule has 1 atom stereocenters. The van der Waals surface area contributed by atoms with Gasteiger partial charge in [0.2, 0.25) is 5.75 Å². The maximum atomic E-state index is 5.42. The van der Waals surface area contributed by atoms with Crippen LogP contribution in [-0.4, -0.2) is 27.9 Å². The fourth-order valence-corrected chi connectivity index (χ4v) is 2.28. The van der Waals surface area contributed by atoms with Crippen molar-refractivity contribution in [3.8, 4) is 17.2 Å². The van der Waals surface area contributed by atoms with Gasteiger partial charge < -0.3 is 19.5 Å². The van der Waals surface area contributed by atoms with E-state index in [0.29, 0.717) is 17.2 Å². The largest absolute Gasteiger partial charge is 0.493 e. The highest BCUT2D eigenvalue weighted by molar-refractivity contribution is 5.54. The maximum Gasteiger partial charge on any atom is 0.203 e. The highest BCUT2D eigenvalue weighted by Gasteiger charge is 2.18. The van der Waals surface area contributed by atoms with Gasteiger partial charge in [0.05, 0.1) is 21.3 Å². The van der Waals surface area contributed by atoms with Crippen LogP contribution in [0.1, 0.15) is 38.3 Å². The Kier molecular flexibility index (Phi) is 7.09. The molecule has 0 bridgehead atoms. The quantitative estimate of drug-likeness (QED) is 0.704. The van der Waals surface area contributed by atoms with E-state index >= 15 is 0 Å². The molecular formula is C17H27NO3. The molecule has 0 saturated carbocycles. The van der Waals surface area contributed by atoms with Crippen molar-refractivity contribution in [1.29, 1.82) is 0 Å². The molecular weight excluding hydrogens is 266 g/mol. The van der Waals surface area contributed by atoms with E-state index in [1.807, 2.05) is 19.1 Å². The predicted octanol–water partition coefficient (Wildman–Crippen LogP) is 3.72. The van der Waals surface area contributed by atoms with Crippen molar-refractivity contribution in [3.63, 3.8) is 0 Å². The van der Waals surface area contributed by atoms with Gasteiger partial charge in [-0.05, 0) is 44.0 Å². The van der Waals surface area contributed by atoms with Gasteiger partial charge >= 0.3 is 0 Å². The fourth-order valence-electron chi connectivity index (χ4n) is 2.28. The van der Waals surface area contributed by atoms with Crippen LogP contribution in [0.2, 0.25) is 0 Å². The minimum atomic E-state index is 0.191. The maximum absolute atomic E-state index is 5.42. The van der Waals surface area contributed by atoms with Gasteiger partial charge in [0.15, 0.2) is 11.5 Å².